The summed E-state index contributed by atoms with van der Waals surface area (Å²) in [5.74, 6) is -0.185. The Labute approximate surface area is 325 Å². The first-order valence-electron chi connectivity index (χ1n) is 22.3. The van der Waals surface area contributed by atoms with Crippen molar-refractivity contribution in [2.24, 2.45) is 0 Å². The number of carbonyl (C=O) groups excluding carboxylic acids is 2. The zero-order valence-corrected chi connectivity index (χ0v) is 34.3. The van der Waals surface area contributed by atoms with Gasteiger partial charge in [-0.25, -0.2) is 4.79 Å². The highest BCUT2D eigenvalue weighted by molar-refractivity contribution is 5.90. The number of ether oxygens (including phenoxy) is 3. The number of alkyl carbamates (subject to hydrolysis) is 1. The van der Waals surface area contributed by atoms with Crippen LogP contribution in [-0.2, 0) is 25.6 Å². The molecule has 306 valence electrons. The highest BCUT2D eigenvalue weighted by Crippen LogP contribution is 2.20. The maximum absolute atomic E-state index is 13.7. The molecule has 1 aromatic carbocycles. The Bertz CT molecular complexity index is 988. The van der Waals surface area contributed by atoms with Gasteiger partial charge in [0.05, 0.1) is 12.7 Å². The molecule has 2 rings (SSSR count). The van der Waals surface area contributed by atoms with Crippen molar-refractivity contribution in [2.75, 3.05) is 39.5 Å². The van der Waals surface area contributed by atoms with E-state index in [0.29, 0.717) is 52.3 Å². The minimum Gasteiger partial charge on any atom is -0.445 e. The van der Waals surface area contributed by atoms with E-state index in [0.717, 1.165) is 18.4 Å². The molecule has 8 nitrogen and oxygen atoms in total. The van der Waals surface area contributed by atoms with Gasteiger partial charge in [-0.3, -0.25) is 4.79 Å². The van der Waals surface area contributed by atoms with Crippen LogP contribution in [0.2, 0.25) is 0 Å². The molecule has 1 aromatic rings. The van der Waals surface area contributed by atoms with Crippen LogP contribution in [0.3, 0.4) is 0 Å². The second kappa shape index (κ2) is 33.2. The Balaban J connectivity index is 1.73. The summed E-state index contributed by atoms with van der Waals surface area (Å²) in [4.78, 5) is 26.6. The molecule has 1 atom stereocenters. The first-order valence-corrected chi connectivity index (χ1v) is 22.3. The van der Waals surface area contributed by atoms with E-state index in [1.165, 1.54) is 141 Å². The van der Waals surface area contributed by atoms with Gasteiger partial charge in [-0.05, 0) is 44.3 Å². The van der Waals surface area contributed by atoms with Gasteiger partial charge in [0.2, 0.25) is 5.91 Å². The molecular formula is C45H81N3O5. The lowest BCUT2D eigenvalue weighted by atomic mass is 9.87. The van der Waals surface area contributed by atoms with Gasteiger partial charge in [0.15, 0.2) is 0 Å². The van der Waals surface area contributed by atoms with E-state index in [4.69, 9.17) is 14.2 Å². The number of hydrogen-bond acceptors (Lipinski definition) is 6. The Kier molecular flexibility index (Phi) is 29.4. The summed E-state index contributed by atoms with van der Waals surface area (Å²) in [7, 11) is 0. The molecule has 0 saturated carbocycles. The maximum Gasteiger partial charge on any atom is 0.408 e. The fourth-order valence-corrected chi connectivity index (χ4v) is 7.21. The third kappa shape index (κ3) is 24.8. The van der Waals surface area contributed by atoms with E-state index in [9.17, 15) is 9.59 Å². The third-order valence-corrected chi connectivity index (χ3v) is 10.7. The molecule has 1 aliphatic rings. The number of rotatable bonds is 35. The van der Waals surface area contributed by atoms with E-state index in [2.05, 4.69) is 29.8 Å². The number of carbonyl (C=O) groups is 2. The molecule has 0 radical (unpaired) electrons. The van der Waals surface area contributed by atoms with E-state index in [-0.39, 0.29) is 18.6 Å². The molecule has 0 aliphatic carbocycles. The van der Waals surface area contributed by atoms with Gasteiger partial charge in [-0.15, -0.1) is 0 Å². The van der Waals surface area contributed by atoms with Crippen LogP contribution in [0.25, 0.3) is 0 Å². The standard InChI is InChI=1S/C45H81N3O5/c1-3-5-7-9-11-13-15-17-19-21-23-28-36-51-40-42(52-37-29-24-22-20-18-16-14-12-10-8-6-4-2)38-47-43(49)45(32-34-46-35-33-45)48-44(50)53-39-41-30-26-25-27-31-41/h25-27,30-31,42,46H,3-24,28-29,32-40H2,1-2H3,(H,47,49)(H,48,50). The summed E-state index contributed by atoms with van der Waals surface area (Å²) in [6.07, 6.45) is 31.7. The molecule has 0 bridgehead atoms. The molecule has 0 aromatic heterocycles. The summed E-state index contributed by atoms with van der Waals surface area (Å²) in [5, 5.41) is 9.37. The van der Waals surface area contributed by atoms with Crippen LogP contribution in [0.5, 0.6) is 0 Å². The molecule has 2 amide bonds. The number of amides is 2. The van der Waals surface area contributed by atoms with Gasteiger partial charge < -0.3 is 30.2 Å². The number of piperidine rings is 1. The predicted molar refractivity (Wildman–Crippen MR) is 220 cm³/mol. The minimum atomic E-state index is -1.02. The van der Waals surface area contributed by atoms with E-state index < -0.39 is 11.6 Å². The zero-order valence-electron chi connectivity index (χ0n) is 34.3. The Morgan fingerprint density at radius 1 is 0.660 bits per heavy atom. The van der Waals surface area contributed by atoms with Gasteiger partial charge in [-0.1, -0.05) is 185 Å². The van der Waals surface area contributed by atoms with Crippen LogP contribution in [-0.4, -0.2) is 63.1 Å². The molecule has 1 saturated heterocycles. The van der Waals surface area contributed by atoms with E-state index >= 15 is 0 Å². The first kappa shape index (κ1) is 47.0. The van der Waals surface area contributed by atoms with Crippen molar-refractivity contribution in [3.8, 4) is 0 Å². The van der Waals surface area contributed by atoms with Crippen molar-refractivity contribution in [1.29, 1.82) is 0 Å². The van der Waals surface area contributed by atoms with Gasteiger partial charge in [0.1, 0.15) is 12.1 Å². The lowest BCUT2D eigenvalue weighted by molar-refractivity contribution is -0.129. The van der Waals surface area contributed by atoms with Crippen molar-refractivity contribution in [1.82, 2.24) is 16.0 Å². The predicted octanol–water partition coefficient (Wildman–Crippen LogP) is 11.0. The lowest BCUT2D eigenvalue weighted by Gasteiger charge is -2.36. The monoisotopic (exact) mass is 744 g/mol. The molecule has 1 heterocycles. The van der Waals surface area contributed by atoms with Crippen molar-refractivity contribution in [3.05, 3.63) is 35.9 Å². The van der Waals surface area contributed by atoms with Crippen molar-refractivity contribution >= 4 is 12.0 Å². The molecule has 53 heavy (non-hydrogen) atoms. The smallest absolute Gasteiger partial charge is 0.408 e. The first-order chi connectivity index (χ1) is 26.1. The van der Waals surface area contributed by atoms with Gasteiger partial charge in [-0.2, -0.15) is 0 Å². The molecular weight excluding hydrogens is 663 g/mol. The average molecular weight is 744 g/mol. The van der Waals surface area contributed by atoms with Crippen LogP contribution in [0.4, 0.5) is 4.79 Å². The van der Waals surface area contributed by atoms with Gasteiger partial charge >= 0.3 is 6.09 Å². The van der Waals surface area contributed by atoms with Crippen LogP contribution in [0.15, 0.2) is 30.3 Å². The van der Waals surface area contributed by atoms with Crippen LogP contribution in [0.1, 0.15) is 186 Å². The van der Waals surface area contributed by atoms with Crippen LogP contribution in [0, 0.1) is 0 Å². The second-order valence-corrected chi connectivity index (χ2v) is 15.6. The number of nitrogens with one attached hydrogen (secondary N) is 3. The van der Waals surface area contributed by atoms with Crippen LogP contribution < -0.4 is 16.0 Å². The van der Waals surface area contributed by atoms with Crippen molar-refractivity contribution in [3.63, 3.8) is 0 Å². The molecule has 1 aliphatic heterocycles. The summed E-state index contributed by atoms with van der Waals surface area (Å²) >= 11 is 0. The fourth-order valence-electron chi connectivity index (χ4n) is 7.21. The summed E-state index contributed by atoms with van der Waals surface area (Å²) in [6.45, 7) is 8.20. The highest BCUT2D eigenvalue weighted by atomic mass is 16.5. The Morgan fingerprint density at radius 3 is 1.64 bits per heavy atom. The number of benzene rings is 1. The fraction of sp³-hybridized carbons (Fsp3) is 0.822. The summed E-state index contributed by atoms with van der Waals surface area (Å²) in [6, 6.07) is 9.59. The highest BCUT2D eigenvalue weighted by Gasteiger charge is 2.41. The van der Waals surface area contributed by atoms with Gasteiger partial charge in [0.25, 0.3) is 0 Å². The zero-order chi connectivity index (χ0) is 37.9. The van der Waals surface area contributed by atoms with Crippen LogP contribution >= 0.6 is 0 Å². The Morgan fingerprint density at radius 2 is 1.13 bits per heavy atom. The average Bonchev–Trinajstić information content (AvgIpc) is 3.18. The van der Waals surface area contributed by atoms with Crippen molar-refractivity contribution < 1.29 is 23.8 Å². The second-order valence-electron chi connectivity index (χ2n) is 15.6. The van der Waals surface area contributed by atoms with E-state index in [1.54, 1.807) is 0 Å². The summed E-state index contributed by atoms with van der Waals surface area (Å²) in [5.41, 5.74) is -0.113. The third-order valence-electron chi connectivity index (χ3n) is 10.7. The van der Waals surface area contributed by atoms with E-state index in [1.807, 2.05) is 30.3 Å². The Hall–Kier alpha value is -2.16. The topological polar surface area (TPSA) is 97.9 Å². The SMILES string of the molecule is CCCCCCCCCCCCCCOCC(CNC(=O)C1(NC(=O)OCc2ccccc2)CCNCC1)OCCCCCCCCCCCCCC. The minimum absolute atomic E-state index is 0.161. The normalized spacial score (nSPS) is 14.5. The maximum atomic E-state index is 13.7. The molecule has 0 spiro atoms. The number of unbranched alkanes of at least 4 members (excludes halogenated alkanes) is 22. The quantitative estimate of drug-likeness (QED) is 0.0599. The molecule has 8 heteroatoms. The van der Waals surface area contributed by atoms with Gasteiger partial charge in [0, 0.05) is 19.8 Å². The lowest BCUT2D eigenvalue weighted by Crippen LogP contribution is -2.63. The molecule has 1 unspecified atom stereocenters. The number of hydrogen-bond donors (Lipinski definition) is 3. The molecule has 3 N–H and O–H groups in total. The summed E-state index contributed by atoms with van der Waals surface area (Å²) < 4.78 is 17.9. The molecule has 1 fully saturated rings. The largest absolute Gasteiger partial charge is 0.445 e. The van der Waals surface area contributed by atoms with Crippen molar-refractivity contribution in [2.45, 2.75) is 199 Å².